The first-order valence-corrected chi connectivity index (χ1v) is 9.15. The van der Waals surface area contributed by atoms with Gasteiger partial charge in [-0.3, -0.25) is 14.5 Å². The van der Waals surface area contributed by atoms with Gasteiger partial charge in [-0.25, -0.2) is 0 Å². The van der Waals surface area contributed by atoms with E-state index in [0.29, 0.717) is 25.1 Å². The fraction of sp³-hybridized carbons (Fsp3) is 0.500. The Hall–Kier alpha value is -1.32. The maximum absolute atomic E-state index is 12.4. The number of carbonyl (C=O) groups excluding carboxylic acids is 1. The molecule has 1 aromatic rings. The van der Waals surface area contributed by atoms with E-state index in [2.05, 4.69) is 9.71 Å². The average molecular weight is 330 g/mol. The molecule has 0 bridgehead atoms. The molecule has 0 saturated carbocycles. The molecule has 2 rings (SSSR count). The molecule has 1 aliphatic heterocycles. The van der Waals surface area contributed by atoms with Crippen LogP contribution in [0.15, 0.2) is 23.4 Å². The van der Waals surface area contributed by atoms with E-state index in [4.69, 9.17) is 5.73 Å². The van der Waals surface area contributed by atoms with Crippen molar-refractivity contribution in [3.63, 3.8) is 0 Å². The molecule has 1 aliphatic rings. The minimum absolute atomic E-state index is 0.125. The summed E-state index contributed by atoms with van der Waals surface area (Å²) in [7, 11) is -3.71. The lowest BCUT2D eigenvalue weighted by atomic mass is 9.99. The van der Waals surface area contributed by atoms with Crippen LogP contribution in [-0.4, -0.2) is 43.0 Å². The second-order valence-corrected chi connectivity index (χ2v) is 7.30. The number of amides is 1. The Morgan fingerprint density at radius 1 is 1.57 bits per heavy atom. The summed E-state index contributed by atoms with van der Waals surface area (Å²) in [6.07, 6.45) is 6.19. The van der Waals surface area contributed by atoms with Gasteiger partial charge in [0.25, 0.3) is 0 Å². The molecule has 7 nitrogen and oxygen atoms in total. The summed E-state index contributed by atoms with van der Waals surface area (Å²) in [5.74, 6) is -0.884. The van der Waals surface area contributed by atoms with Gasteiger partial charge >= 0.3 is 10.2 Å². The molecule has 0 radical (unpaired) electrons. The van der Waals surface area contributed by atoms with Crippen molar-refractivity contribution in [2.24, 2.45) is 11.7 Å². The van der Waals surface area contributed by atoms with Crippen LogP contribution < -0.4 is 10.5 Å². The summed E-state index contributed by atoms with van der Waals surface area (Å²) < 4.78 is 28.6. The Labute approximate surface area is 128 Å². The van der Waals surface area contributed by atoms with Crippen LogP contribution in [0.25, 0.3) is 0 Å². The van der Waals surface area contributed by atoms with Crippen molar-refractivity contribution < 1.29 is 13.2 Å². The third-order valence-corrected chi connectivity index (χ3v) is 5.65. The Morgan fingerprint density at radius 3 is 3.00 bits per heavy atom. The van der Waals surface area contributed by atoms with Gasteiger partial charge in [0, 0.05) is 24.2 Å². The van der Waals surface area contributed by atoms with Gasteiger partial charge in [0.1, 0.15) is 0 Å². The monoisotopic (exact) mass is 330 g/mol. The standard InChI is InChI=1S/C12H18N4O3S2/c1-20-11-4-5-14-7-10(11)15-21(18,19)16-6-2-3-9(8-16)12(13)17/h4-5,7,9,15H,2-3,6,8H2,1H3,(H2,13,17)/t9-/m0/s1. The van der Waals surface area contributed by atoms with Crippen LogP contribution in [0.4, 0.5) is 5.69 Å². The molecule has 9 heteroatoms. The first-order valence-electron chi connectivity index (χ1n) is 6.49. The lowest BCUT2D eigenvalue weighted by Gasteiger charge is -2.30. The third kappa shape index (κ3) is 3.86. The number of carbonyl (C=O) groups is 1. The lowest BCUT2D eigenvalue weighted by Crippen LogP contribution is -2.46. The van der Waals surface area contributed by atoms with Gasteiger partial charge in [-0.1, -0.05) is 0 Å². The number of anilines is 1. The van der Waals surface area contributed by atoms with E-state index in [1.54, 1.807) is 12.3 Å². The van der Waals surface area contributed by atoms with Gasteiger partial charge < -0.3 is 5.73 Å². The first-order chi connectivity index (χ1) is 9.94. The molecule has 1 aromatic heterocycles. The van der Waals surface area contributed by atoms with E-state index in [9.17, 15) is 13.2 Å². The average Bonchev–Trinajstić information content (AvgIpc) is 2.47. The maximum atomic E-state index is 12.4. The smallest absolute Gasteiger partial charge is 0.301 e. The highest BCUT2D eigenvalue weighted by Gasteiger charge is 2.31. The number of rotatable bonds is 5. The molecule has 1 amide bonds. The Morgan fingerprint density at radius 2 is 2.33 bits per heavy atom. The van der Waals surface area contributed by atoms with Gasteiger partial charge in [0.15, 0.2) is 0 Å². The predicted octanol–water partition coefficient (Wildman–Crippen LogP) is 0.658. The molecule has 1 atom stereocenters. The van der Waals surface area contributed by atoms with Gasteiger partial charge in [-0.2, -0.15) is 12.7 Å². The number of nitrogens with one attached hydrogen (secondary N) is 1. The van der Waals surface area contributed by atoms with Crippen molar-refractivity contribution in [3.8, 4) is 0 Å². The van der Waals surface area contributed by atoms with Crippen molar-refractivity contribution >= 4 is 33.6 Å². The van der Waals surface area contributed by atoms with Gasteiger partial charge in [-0.15, -0.1) is 11.8 Å². The molecule has 21 heavy (non-hydrogen) atoms. The Kier molecular flexibility index (Phi) is 5.07. The van der Waals surface area contributed by atoms with E-state index in [0.717, 1.165) is 4.90 Å². The summed E-state index contributed by atoms with van der Waals surface area (Å²) in [6.45, 7) is 0.507. The molecule has 116 valence electrons. The number of hydrogen-bond donors (Lipinski definition) is 2. The number of nitrogens with two attached hydrogens (primary N) is 1. The van der Waals surface area contributed by atoms with Gasteiger partial charge in [0.05, 0.1) is 17.8 Å². The summed E-state index contributed by atoms with van der Waals surface area (Å²) in [4.78, 5) is 16.0. The number of pyridine rings is 1. The molecule has 0 spiro atoms. The van der Waals surface area contributed by atoms with Crippen LogP contribution >= 0.6 is 11.8 Å². The number of hydrogen-bond acceptors (Lipinski definition) is 5. The lowest BCUT2D eigenvalue weighted by molar-refractivity contribution is -0.122. The van der Waals surface area contributed by atoms with Crippen LogP contribution in [-0.2, 0) is 15.0 Å². The van der Waals surface area contributed by atoms with E-state index >= 15 is 0 Å². The zero-order chi connectivity index (χ0) is 15.5. The van der Waals surface area contributed by atoms with Crippen LogP contribution in [0.3, 0.4) is 0 Å². The number of primary amides is 1. The molecule has 1 fully saturated rings. The van der Waals surface area contributed by atoms with Gasteiger partial charge in [0.2, 0.25) is 5.91 Å². The van der Waals surface area contributed by atoms with Crippen LogP contribution in [0.1, 0.15) is 12.8 Å². The number of thioether (sulfide) groups is 1. The highest BCUT2D eigenvalue weighted by molar-refractivity contribution is 7.98. The minimum Gasteiger partial charge on any atom is -0.369 e. The van der Waals surface area contributed by atoms with E-state index < -0.39 is 22.0 Å². The quantitative estimate of drug-likeness (QED) is 0.772. The largest absolute Gasteiger partial charge is 0.369 e. The van der Waals surface area contributed by atoms with Crippen molar-refractivity contribution in [1.29, 1.82) is 0 Å². The highest BCUT2D eigenvalue weighted by atomic mass is 32.2. The molecular weight excluding hydrogens is 312 g/mol. The van der Waals surface area contributed by atoms with Crippen molar-refractivity contribution in [2.45, 2.75) is 17.7 Å². The zero-order valence-corrected chi connectivity index (χ0v) is 13.3. The normalized spacial score (nSPS) is 20.1. The van der Waals surface area contributed by atoms with Gasteiger partial charge in [-0.05, 0) is 25.2 Å². The molecule has 0 aliphatic carbocycles. The molecule has 2 heterocycles. The molecule has 0 aromatic carbocycles. The summed E-state index contributed by atoms with van der Waals surface area (Å²) in [5, 5.41) is 0. The second kappa shape index (κ2) is 6.63. The fourth-order valence-corrected chi connectivity index (χ4v) is 4.13. The Bertz CT molecular complexity index is 621. The SMILES string of the molecule is CSc1ccncc1NS(=O)(=O)N1CCC[C@H](C(N)=O)C1. The van der Waals surface area contributed by atoms with Crippen molar-refractivity contribution in [3.05, 3.63) is 18.5 Å². The summed E-state index contributed by atoms with van der Waals surface area (Å²) in [6, 6.07) is 1.74. The van der Waals surface area contributed by atoms with Crippen LogP contribution in [0.2, 0.25) is 0 Å². The fourth-order valence-electron chi connectivity index (χ4n) is 2.23. The first kappa shape index (κ1) is 16.1. The number of nitrogens with zero attached hydrogens (tertiary/aromatic N) is 2. The summed E-state index contributed by atoms with van der Waals surface area (Å²) in [5.41, 5.74) is 5.71. The summed E-state index contributed by atoms with van der Waals surface area (Å²) >= 11 is 1.43. The molecular formula is C12H18N4O3S2. The number of aromatic nitrogens is 1. The van der Waals surface area contributed by atoms with E-state index in [1.807, 2.05) is 6.26 Å². The highest BCUT2D eigenvalue weighted by Crippen LogP contribution is 2.26. The Balaban J connectivity index is 2.16. The number of piperidine rings is 1. The van der Waals surface area contributed by atoms with E-state index in [-0.39, 0.29) is 6.54 Å². The van der Waals surface area contributed by atoms with Crippen molar-refractivity contribution in [1.82, 2.24) is 9.29 Å². The van der Waals surface area contributed by atoms with E-state index in [1.165, 1.54) is 22.3 Å². The molecule has 1 saturated heterocycles. The molecule has 0 unspecified atom stereocenters. The molecule has 3 N–H and O–H groups in total. The van der Waals surface area contributed by atoms with Crippen LogP contribution in [0, 0.1) is 5.92 Å². The maximum Gasteiger partial charge on any atom is 0.301 e. The third-order valence-electron chi connectivity index (χ3n) is 3.37. The second-order valence-electron chi connectivity index (χ2n) is 4.78. The zero-order valence-electron chi connectivity index (χ0n) is 11.7. The minimum atomic E-state index is -3.71. The topological polar surface area (TPSA) is 105 Å². The van der Waals surface area contributed by atoms with Crippen LogP contribution in [0.5, 0.6) is 0 Å². The van der Waals surface area contributed by atoms with Crippen molar-refractivity contribution in [2.75, 3.05) is 24.1 Å². The predicted molar refractivity (Wildman–Crippen MR) is 82.1 cm³/mol.